The molecule has 0 fully saturated rings. The summed E-state index contributed by atoms with van der Waals surface area (Å²) in [6.45, 7) is 8.63. The molecule has 1 aromatic rings. The van der Waals surface area contributed by atoms with Crippen molar-refractivity contribution in [3.05, 3.63) is 34.9 Å². The van der Waals surface area contributed by atoms with E-state index in [2.05, 4.69) is 52.0 Å². The lowest BCUT2D eigenvalue weighted by Crippen LogP contribution is -2.14. The van der Waals surface area contributed by atoms with Gasteiger partial charge >= 0.3 is 0 Å². The summed E-state index contributed by atoms with van der Waals surface area (Å²) in [7, 11) is 0. The molecule has 1 atom stereocenters. The van der Waals surface area contributed by atoms with Gasteiger partial charge in [-0.2, -0.15) is 5.26 Å². The Morgan fingerprint density at radius 2 is 2.00 bits per heavy atom. The first kappa shape index (κ1) is 12.7. The number of aryl methyl sites for hydroxylation is 1. The summed E-state index contributed by atoms with van der Waals surface area (Å²) in [5.41, 5.74) is 9.66. The van der Waals surface area contributed by atoms with E-state index in [0.717, 1.165) is 5.56 Å². The maximum atomic E-state index is 8.64. The standard InChI is InChI=1S/C14H20N2/c1-10-9-11(14(2,3)4)5-6-12(10)13(16)7-8-15/h5-6,9,13H,7,16H2,1-4H3. The van der Waals surface area contributed by atoms with Gasteiger partial charge in [0.05, 0.1) is 12.5 Å². The van der Waals surface area contributed by atoms with Crippen molar-refractivity contribution in [2.24, 2.45) is 5.73 Å². The van der Waals surface area contributed by atoms with Crippen molar-refractivity contribution in [3.8, 4) is 6.07 Å². The molecule has 0 aliphatic heterocycles. The van der Waals surface area contributed by atoms with Crippen LogP contribution in [0.15, 0.2) is 18.2 Å². The summed E-state index contributed by atoms with van der Waals surface area (Å²) >= 11 is 0. The molecule has 0 aromatic heterocycles. The number of rotatable bonds is 2. The number of nitrogens with zero attached hydrogens (tertiary/aromatic N) is 1. The van der Waals surface area contributed by atoms with E-state index in [1.807, 2.05) is 0 Å². The van der Waals surface area contributed by atoms with Gasteiger partial charge in [0.25, 0.3) is 0 Å². The van der Waals surface area contributed by atoms with Gasteiger partial charge in [-0.05, 0) is 29.0 Å². The zero-order valence-electron chi connectivity index (χ0n) is 10.5. The molecule has 16 heavy (non-hydrogen) atoms. The third kappa shape index (κ3) is 2.84. The summed E-state index contributed by atoms with van der Waals surface area (Å²) < 4.78 is 0. The van der Waals surface area contributed by atoms with E-state index < -0.39 is 0 Å². The van der Waals surface area contributed by atoms with Crippen LogP contribution in [0.3, 0.4) is 0 Å². The highest BCUT2D eigenvalue weighted by molar-refractivity contribution is 5.36. The van der Waals surface area contributed by atoms with E-state index in [4.69, 9.17) is 11.0 Å². The zero-order valence-corrected chi connectivity index (χ0v) is 10.5. The third-order valence-electron chi connectivity index (χ3n) is 2.85. The molecule has 0 aliphatic rings. The van der Waals surface area contributed by atoms with Crippen LogP contribution >= 0.6 is 0 Å². The maximum absolute atomic E-state index is 8.64. The average molecular weight is 216 g/mol. The summed E-state index contributed by atoms with van der Waals surface area (Å²) in [6.07, 6.45) is 0.371. The van der Waals surface area contributed by atoms with Crippen molar-refractivity contribution < 1.29 is 0 Å². The minimum absolute atomic E-state index is 0.155. The van der Waals surface area contributed by atoms with E-state index in [0.29, 0.717) is 6.42 Å². The molecule has 1 aromatic carbocycles. The first-order valence-electron chi connectivity index (χ1n) is 5.60. The highest BCUT2D eigenvalue weighted by Crippen LogP contribution is 2.26. The zero-order chi connectivity index (χ0) is 12.3. The summed E-state index contributed by atoms with van der Waals surface area (Å²) in [5, 5.41) is 8.64. The van der Waals surface area contributed by atoms with Gasteiger partial charge in [0.2, 0.25) is 0 Å². The predicted molar refractivity (Wildman–Crippen MR) is 67.0 cm³/mol. The van der Waals surface area contributed by atoms with Gasteiger partial charge in [0.15, 0.2) is 0 Å². The van der Waals surface area contributed by atoms with Gasteiger partial charge in [-0.15, -0.1) is 0 Å². The molecule has 2 heteroatoms. The fourth-order valence-corrected chi connectivity index (χ4v) is 1.77. The number of nitrogens with two attached hydrogens (primary N) is 1. The minimum atomic E-state index is -0.168. The van der Waals surface area contributed by atoms with Crippen LogP contribution in [0.2, 0.25) is 0 Å². The second-order valence-electron chi connectivity index (χ2n) is 5.29. The fourth-order valence-electron chi connectivity index (χ4n) is 1.77. The predicted octanol–water partition coefficient (Wildman–Crippen LogP) is 3.21. The molecule has 0 spiro atoms. The van der Waals surface area contributed by atoms with Crippen molar-refractivity contribution in [1.29, 1.82) is 5.26 Å². The molecular weight excluding hydrogens is 196 g/mol. The molecule has 86 valence electrons. The van der Waals surface area contributed by atoms with Crippen LogP contribution in [0, 0.1) is 18.3 Å². The third-order valence-corrected chi connectivity index (χ3v) is 2.85. The Kier molecular flexibility index (Phi) is 3.72. The number of benzene rings is 1. The van der Waals surface area contributed by atoms with Gasteiger partial charge in [0, 0.05) is 6.04 Å². The molecule has 0 radical (unpaired) electrons. The van der Waals surface area contributed by atoms with Gasteiger partial charge < -0.3 is 5.73 Å². The second kappa shape index (κ2) is 4.67. The molecule has 1 rings (SSSR count). The molecule has 0 aliphatic carbocycles. The van der Waals surface area contributed by atoms with E-state index >= 15 is 0 Å². The van der Waals surface area contributed by atoms with Crippen molar-refractivity contribution in [3.63, 3.8) is 0 Å². The van der Waals surface area contributed by atoms with Gasteiger partial charge in [-0.1, -0.05) is 39.0 Å². The summed E-state index contributed by atoms with van der Waals surface area (Å²) in [4.78, 5) is 0. The molecule has 0 bridgehead atoms. The lowest BCUT2D eigenvalue weighted by Gasteiger charge is -2.21. The first-order valence-corrected chi connectivity index (χ1v) is 5.60. The highest BCUT2D eigenvalue weighted by Gasteiger charge is 2.16. The van der Waals surface area contributed by atoms with E-state index in [1.54, 1.807) is 0 Å². The molecule has 1 unspecified atom stereocenters. The molecule has 0 amide bonds. The summed E-state index contributed by atoms with van der Waals surface area (Å²) in [5.74, 6) is 0. The first-order chi connectivity index (χ1) is 7.36. The Labute approximate surface area is 98.1 Å². The quantitative estimate of drug-likeness (QED) is 0.825. The fraction of sp³-hybridized carbons (Fsp3) is 0.500. The smallest absolute Gasteiger partial charge is 0.0641 e. The topological polar surface area (TPSA) is 49.8 Å². The Hall–Kier alpha value is -1.33. The maximum Gasteiger partial charge on any atom is 0.0641 e. The Balaban J connectivity index is 3.06. The lowest BCUT2D eigenvalue weighted by molar-refractivity contribution is 0.588. The van der Waals surface area contributed by atoms with Crippen molar-refractivity contribution in [2.75, 3.05) is 0 Å². The Morgan fingerprint density at radius 3 is 2.44 bits per heavy atom. The van der Waals surface area contributed by atoms with Gasteiger partial charge in [-0.3, -0.25) is 0 Å². The van der Waals surface area contributed by atoms with Gasteiger partial charge in [0.1, 0.15) is 0 Å². The Bertz CT molecular complexity index is 408. The SMILES string of the molecule is Cc1cc(C(C)(C)C)ccc1C(N)CC#N. The van der Waals surface area contributed by atoms with Gasteiger partial charge in [-0.25, -0.2) is 0 Å². The highest BCUT2D eigenvalue weighted by atomic mass is 14.6. The molecule has 0 saturated carbocycles. The van der Waals surface area contributed by atoms with Crippen LogP contribution in [0.5, 0.6) is 0 Å². The molecule has 0 heterocycles. The van der Waals surface area contributed by atoms with E-state index in [9.17, 15) is 0 Å². The van der Waals surface area contributed by atoms with Crippen molar-refractivity contribution >= 4 is 0 Å². The molecule has 2 nitrogen and oxygen atoms in total. The van der Waals surface area contributed by atoms with Crippen LogP contribution in [-0.4, -0.2) is 0 Å². The van der Waals surface area contributed by atoms with E-state index in [-0.39, 0.29) is 11.5 Å². The lowest BCUT2D eigenvalue weighted by atomic mass is 9.84. The normalized spacial score (nSPS) is 13.2. The summed E-state index contributed by atoms with van der Waals surface area (Å²) in [6, 6.07) is 8.28. The van der Waals surface area contributed by atoms with Crippen LogP contribution in [0.25, 0.3) is 0 Å². The van der Waals surface area contributed by atoms with Crippen molar-refractivity contribution in [2.45, 2.75) is 45.6 Å². The molecule has 2 N–H and O–H groups in total. The average Bonchev–Trinajstić information content (AvgIpc) is 2.16. The van der Waals surface area contributed by atoms with Crippen molar-refractivity contribution in [1.82, 2.24) is 0 Å². The number of hydrogen-bond donors (Lipinski definition) is 1. The Morgan fingerprint density at radius 1 is 1.38 bits per heavy atom. The largest absolute Gasteiger partial charge is 0.323 e. The molecule has 0 saturated heterocycles. The van der Waals surface area contributed by atoms with Crippen LogP contribution in [0.1, 0.15) is 49.9 Å². The second-order valence-corrected chi connectivity index (χ2v) is 5.29. The number of hydrogen-bond acceptors (Lipinski definition) is 2. The minimum Gasteiger partial charge on any atom is -0.323 e. The molecular formula is C14H20N2. The van der Waals surface area contributed by atoms with Crippen LogP contribution in [0.4, 0.5) is 0 Å². The monoisotopic (exact) mass is 216 g/mol. The van der Waals surface area contributed by atoms with E-state index in [1.165, 1.54) is 11.1 Å². The van der Waals surface area contributed by atoms with Crippen LogP contribution < -0.4 is 5.73 Å². The van der Waals surface area contributed by atoms with Crippen LogP contribution in [-0.2, 0) is 5.41 Å². The number of nitriles is 1.